The first kappa shape index (κ1) is 40.1. The zero-order chi connectivity index (χ0) is 34.0. The summed E-state index contributed by atoms with van der Waals surface area (Å²) in [6.45, 7) is 19.0. The highest BCUT2D eigenvalue weighted by Gasteiger charge is 2.39. The predicted octanol–water partition coefficient (Wildman–Crippen LogP) is 2.50. The SMILES string of the molecule is CC.CC1CN(C(=O)CC(C)(C)C)CC1(C)C.CS(N)(=O)=O.NC(=O)C(Cc1cc2c([nH]c1=O)CCC(F)(F)C2)NC=O. The Morgan fingerprint density at radius 3 is 2.21 bits per heavy atom. The van der Waals surface area contributed by atoms with Crippen LogP contribution in [0.5, 0.6) is 0 Å². The molecule has 3 rings (SSSR count). The molecule has 0 saturated carbocycles. The number of pyridine rings is 1. The van der Waals surface area contributed by atoms with Crippen molar-refractivity contribution in [2.75, 3.05) is 19.3 Å². The van der Waals surface area contributed by atoms with E-state index < -0.39 is 39.9 Å². The van der Waals surface area contributed by atoms with Gasteiger partial charge in [0.05, 0.1) is 6.26 Å². The summed E-state index contributed by atoms with van der Waals surface area (Å²) >= 11 is 0. The lowest BCUT2D eigenvalue weighted by atomic mass is 9.84. The molecule has 0 spiro atoms. The minimum atomic E-state index is -3.17. The minimum Gasteiger partial charge on any atom is -0.368 e. The molecule has 1 aromatic rings. The van der Waals surface area contributed by atoms with Crippen LogP contribution in [0.2, 0.25) is 0 Å². The highest BCUT2D eigenvalue weighted by Crippen LogP contribution is 2.36. The second-order valence-electron chi connectivity index (χ2n) is 12.8. The summed E-state index contributed by atoms with van der Waals surface area (Å²) in [5, 5.41) is 6.52. The van der Waals surface area contributed by atoms with Gasteiger partial charge in [-0.15, -0.1) is 0 Å². The van der Waals surface area contributed by atoms with Crippen LogP contribution in [0.25, 0.3) is 0 Å². The number of H-pyrrole nitrogens is 1. The van der Waals surface area contributed by atoms with Gasteiger partial charge in [-0.25, -0.2) is 22.3 Å². The Kier molecular flexibility index (Phi) is 15.2. The molecule has 6 N–H and O–H groups in total. The number of primary amides is 1. The standard InChI is InChI=1S/C13H15F2N3O3.C13H25NO.C2H6.CH5NO2S/c14-13(15)2-1-9-8(5-13)3-7(12(21)18-9)4-10(11(16)20)17-6-19;1-10-8-14(9-13(10,5)6)11(15)7-12(2,3)4;1-2;1-5(2,3)4/h3,6,10H,1-2,4-5H2,(H2,16,20)(H,17,19)(H,18,21);10H,7-9H2,1-6H3;1-2H3;1H3,(H2,2,3,4). The highest BCUT2D eigenvalue weighted by molar-refractivity contribution is 7.88. The Bertz CT molecular complexity index is 1250. The molecular formula is C29H51F2N5O6S. The second-order valence-corrected chi connectivity index (χ2v) is 14.5. The molecule has 2 aliphatic rings. The zero-order valence-electron chi connectivity index (χ0n) is 27.0. The largest absolute Gasteiger partial charge is 0.368 e. The van der Waals surface area contributed by atoms with Gasteiger partial charge in [-0.1, -0.05) is 55.4 Å². The number of halogens is 2. The lowest BCUT2D eigenvalue weighted by Crippen LogP contribution is -2.43. The molecule has 1 fully saturated rings. The first-order chi connectivity index (χ1) is 19.4. The summed E-state index contributed by atoms with van der Waals surface area (Å²) in [5.74, 6) is -2.67. The van der Waals surface area contributed by atoms with E-state index in [1.54, 1.807) is 0 Å². The van der Waals surface area contributed by atoms with Crippen molar-refractivity contribution in [1.82, 2.24) is 15.2 Å². The van der Waals surface area contributed by atoms with Gasteiger partial charge in [0.15, 0.2) is 0 Å². The number of carbonyl (C=O) groups excluding carboxylic acids is 3. The topological polar surface area (TPSA) is 186 Å². The maximum atomic E-state index is 13.4. The molecule has 1 saturated heterocycles. The number of carbonyl (C=O) groups is 3. The van der Waals surface area contributed by atoms with Crippen LogP contribution in [0.1, 0.15) is 85.1 Å². The van der Waals surface area contributed by atoms with Crippen LogP contribution >= 0.6 is 0 Å². The van der Waals surface area contributed by atoms with E-state index in [4.69, 9.17) is 5.73 Å². The molecule has 2 heterocycles. The van der Waals surface area contributed by atoms with Gasteiger partial charge in [-0.2, -0.15) is 0 Å². The summed E-state index contributed by atoms with van der Waals surface area (Å²) in [6.07, 6.45) is 1.12. The Balaban J connectivity index is 0.000000699. The molecule has 2 unspecified atom stereocenters. The van der Waals surface area contributed by atoms with Crippen LogP contribution in [0.3, 0.4) is 0 Å². The molecule has 0 bridgehead atoms. The minimum absolute atomic E-state index is 0.101. The molecular weight excluding hydrogens is 584 g/mol. The molecule has 1 aromatic heterocycles. The monoisotopic (exact) mass is 635 g/mol. The van der Waals surface area contributed by atoms with Crippen molar-refractivity contribution < 1.29 is 31.6 Å². The molecule has 248 valence electrons. The molecule has 43 heavy (non-hydrogen) atoms. The average molecular weight is 636 g/mol. The van der Waals surface area contributed by atoms with Gasteiger partial charge >= 0.3 is 0 Å². The number of sulfonamides is 1. The molecule has 3 amide bonds. The maximum Gasteiger partial charge on any atom is 0.252 e. The van der Waals surface area contributed by atoms with Crippen LogP contribution < -0.4 is 21.7 Å². The number of rotatable bonds is 6. The Morgan fingerprint density at radius 1 is 1.26 bits per heavy atom. The number of likely N-dealkylation sites (tertiary alicyclic amines) is 1. The summed E-state index contributed by atoms with van der Waals surface area (Å²) < 4.78 is 45.6. The van der Waals surface area contributed by atoms with Crippen molar-refractivity contribution in [3.8, 4) is 0 Å². The summed E-state index contributed by atoms with van der Waals surface area (Å²) in [7, 11) is -3.17. The number of hydrogen-bond donors (Lipinski definition) is 4. The quantitative estimate of drug-likeness (QED) is 0.348. The Hall–Kier alpha value is -2.87. The molecule has 1 aliphatic heterocycles. The fourth-order valence-electron chi connectivity index (χ4n) is 4.46. The van der Waals surface area contributed by atoms with Gasteiger partial charge in [0, 0.05) is 50.0 Å². The van der Waals surface area contributed by atoms with E-state index in [9.17, 15) is 36.4 Å². The summed E-state index contributed by atoms with van der Waals surface area (Å²) in [4.78, 5) is 50.1. The number of aryl methyl sites for hydroxylation is 1. The van der Waals surface area contributed by atoms with Crippen LogP contribution in [0, 0.1) is 16.7 Å². The summed E-state index contributed by atoms with van der Waals surface area (Å²) in [6, 6.07) is 0.315. The van der Waals surface area contributed by atoms with E-state index in [2.05, 4.69) is 57.0 Å². The number of fused-ring (bicyclic) bond motifs is 1. The third-order valence-electron chi connectivity index (χ3n) is 6.98. The van der Waals surface area contributed by atoms with Crippen molar-refractivity contribution in [3.05, 3.63) is 33.2 Å². The third kappa shape index (κ3) is 15.4. The van der Waals surface area contributed by atoms with E-state index in [0.717, 1.165) is 19.3 Å². The lowest BCUT2D eigenvalue weighted by molar-refractivity contribution is -0.132. The first-order valence-electron chi connectivity index (χ1n) is 14.3. The van der Waals surface area contributed by atoms with Gasteiger partial charge < -0.3 is 20.9 Å². The van der Waals surface area contributed by atoms with Crippen molar-refractivity contribution in [2.24, 2.45) is 27.6 Å². The normalized spacial score (nSPS) is 19.1. The number of aromatic nitrogens is 1. The second kappa shape index (κ2) is 16.3. The number of primary sulfonamides is 1. The van der Waals surface area contributed by atoms with E-state index in [0.29, 0.717) is 35.9 Å². The average Bonchev–Trinajstić information content (AvgIpc) is 3.11. The number of alkyl halides is 2. The fourth-order valence-corrected chi connectivity index (χ4v) is 4.46. The van der Waals surface area contributed by atoms with Gasteiger partial charge in [0.25, 0.3) is 11.5 Å². The molecule has 1 aliphatic carbocycles. The van der Waals surface area contributed by atoms with Crippen LogP contribution in [-0.4, -0.2) is 67.8 Å². The van der Waals surface area contributed by atoms with E-state index in [1.165, 1.54) is 6.07 Å². The lowest BCUT2D eigenvalue weighted by Gasteiger charge is -2.24. The smallest absolute Gasteiger partial charge is 0.252 e. The molecule has 2 atom stereocenters. The first-order valence-corrected chi connectivity index (χ1v) is 16.3. The number of nitrogens with two attached hydrogens (primary N) is 2. The molecule has 0 aromatic carbocycles. The Labute approximate surface area is 254 Å². The molecule has 14 heteroatoms. The van der Waals surface area contributed by atoms with Crippen LogP contribution in [0.4, 0.5) is 8.78 Å². The van der Waals surface area contributed by atoms with Crippen molar-refractivity contribution in [2.45, 2.75) is 99.5 Å². The number of nitrogens with one attached hydrogen (secondary N) is 2. The van der Waals surface area contributed by atoms with Gasteiger partial charge in [0.2, 0.25) is 28.2 Å². The zero-order valence-corrected chi connectivity index (χ0v) is 27.8. The van der Waals surface area contributed by atoms with E-state index >= 15 is 0 Å². The van der Waals surface area contributed by atoms with Crippen molar-refractivity contribution in [1.29, 1.82) is 0 Å². The van der Waals surface area contributed by atoms with Gasteiger partial charge in [-0.3, -0.25) is 19.2 Å². The summed E-state index contributed by atoms with van der Waals surface area (Å²) in [5.41, 5.74) is 6.03. The number of nitrogens with zero attached hydrogens (tertiary/aromatic N) is 1. The van der Waals surface area contributed by atoms with Crippen molar-refractivity contribution in [3.63, 3.8) is 0 Å². The van der Waals surface area contributed by atoms with Crippen molar-refractivity contribution >= 4 is 28.2 Å². The third-order valence-corrected chi connectivity index (χ3v) is 6.98. The van der Waals surface area contributed by atoms with Crippen LogP contribution in [0.15, 0.2) is 10.9 Å². The molecule has 11 nitrogen and oxygen atoms in total. The number of amides is 3. The van der Waals surface area contributed by atoms with Gasteiger partial charge in [-0.05, 0) is 34.8 Å². The fraction of sp³-hybridized carbons (Fsp3) is 0.724. The molecule has 0 radical (unpaired) electrons. The Morgan fingerprint density at radius 2 is 1.79 bits per heavy atom. The highest BCUT2D eigenvalue weighted by atomic mass is 32.2. The predicted molar refractivity (Wildman–Crippen MR) is 164 cm³/mol. The number of hydrogen-bond acceptors (Lipinski definition) is 6. The number of aromatic amines is 1. The van der Waals surface area contributed by atoms with Gasteiger partial charge in [0.1, 0.15) is 6.04 Å². The van der Waals surface area contributed by atoms with Crippen LogP contribution in [-0.2, 0) is 43.7 Å². The maximum absolute atomic E-state index is 13.4. The van der Waals surface area contributed by atoms with E-state index in [-0.39, 0.29) is 35.7 Å². The van der Waals surface area contributed by atoms with E-state index in [1.807, 2.05) is 18.7 Å².